The molecule has 0 rings (SSSR count). The van der Waals surface area contributed by atoms with Crippen molar-refractivity contribution < 1.29 is 45.2 Å². The second kappa shape index (κ2) is 32.1. The fourth-order valence-electron chi connectivity index (χ4n) is 4.82. The Morgan fingerprint density at radius 2 is 1.02 bits per heavy atom. The van der Waals surface area contributed by atoms with Crippen LogP contribution in [0.3, 0.4) is 0 Å². The summed E-state index contributed by atoms with van der Waals surface area (Å²) in [5, 5.41) is 20.0. The number of allylic oxidation sites excluding steroid dienone is 2. The number of rotatable bonds is 30. The van der Waals surface area contributed by atoms with Crippen LogP contribution in [0.4, 0.5) is 0 Å². The molecule has 0 amide bonds. The van der Waals surface area contributed by atoms with Crippen LogP contribution in [-0.2, 0) is 34.9 Å². The Balaban J connectivity index is 3.60. The summed E-state index contributed by atoms with van der Waals surface area (Å²) < 4.78 is 0.330. The van der Waals surface area contributed by atoms with Crippen LogP contribution >= 0.6 is 0 Å². The standard InChI is InChI=1S/C36H64O6.Fe/c1-3-5-7-21-27-33(37)29-23-17-13-9-11-15-19-25-31-35(39)41-42-36(40)32-26-20-16-12-10-14-18-24-30-34(38)28-22-8-6-4-2;/h17-18,23-24,33-34,37-38H,3-16,19-22,25-31H2,1-2H3;/q;+1/b23-17-,24-18-;. The smallest absolute Gasteiger partial charge is 0.0654 e. The fraction of sp³-hybridized carbons (Fsp3) is 0.806. The Kier molecular flexibility index (Phi) is 31.2. The first kappa shape index (κ1) is 41.7. The fourth-order valence-corrected chi connectivity index (χ4v) is 5.06. The molecule has 0 aromatic heterocycles. The first-order valence-corrected chi connectivity index (χ1v) is 18.0. The van der Waals surface area contributed by atoms with Crippen LogP contribution in [0.2, 0.25) is 0 Å². The molecular formula is C36H64FeO6+. The van der Waals surface area contributed by atoms with Crippen molar-refractivity contribution in [1.82, 2.24) is 0 Å². The van der Waals surface area contributed by atoms with E-state index in [9.17, 15) is 19.8 Å². The molecule has 0 saturated carbocycles. The molecule has 0 heterocycles. The molecule has 0 saturated heterocycles. The van der Waals surface area contributed by atoms with Gasteiger partial charge in [0, 0.05) is 0 Å². The summed E-state index contributed by atoms with van der Waals surface area (Å²) in [6, 6.07) is 0. The van der Waals surface area contributed by atoms with Crippen LogP contribution in [0, 0.1) is 0 Å². The summed E-state index contributed by atoms with van der Waals surface area (Å²) in [7, 11) is 0. The molecule has 0 aliphatic carbocycles. The first-order valence-electron chi connectivity index (χ1n) is 17.5. The summed E-state index contributed by atoms with van der Waals surface area (Å²) in [5.74, 6) is -1.18. The van der Waals surface area contributed by atoms with Crippen molar-refractivity contribution in [2.45, 2.75) is 187 Å². The summed E-state index contributed by atoms with van der Waals surface area (Å²) >= 11 is 3.77. The number of unbranched alkanes of at least 4 members (excludes halogenated alkanes) is 15. The maximum absolute atomic E-state index is 12.0. The summed E-state index contributed by atoms with van der Waals surface area (Å²) in [4.78, 5) is 33.3. The van der Waals surface area contributed by atoms with Crippen molar-refractivity contribution in [2.24, 2.45) is 0 Å². The molecule has 6 nitrogen and oxygen atoms in total. The predicted octanol–water partition coefficient (Wildman–Crippen LogP) is 9.33. The predicted molar refractivity (Wildman–Crippen MR) is 174 cm³/mol. The Labute approximate surface area is 271 Å². The van der Waals surface area contributed by atoms with E-state index >= 15 is 0 Å². The number of hydrogen-bond donors (Lipinski definition) is 2. The van der Waals surface area contributed by atoms with Crippen molar-refractivity contribution in [3.8, 4) is 0 Å². The molecule has 0 spiro atoms. The van der Waals surface area contributed by atoms with Gasteiger partial charge in [-0.3, -0.25) is 0 Å². The van der Waals surface area contributed by atoms with Gasteiger partial charge in [-0.2, -0.15) is 0 Å². The van der Waals surface area contributed by atoms with E-state index in [0.717, 1.165) is 103 Å². The van der Waals surface area contributed by atoms with Crippen molar-refractivity contribution in [3.05, 3.63) is 24.3 Å². The van der Waals surface area contributed by atoms with Crippen LogP contribution in [0.5, 0.6) is 0 Å². The van der Waals surface area contributed by atoms with Gasteiger partial charge in [0.15, 0.2) is 0 Å². The normalized spacial score (nSPS) is 13.0. The molecule has 2 N–H and O–H groups in total. The summed E-state index contributed by atoms with van der Waals surface area (Å²) in [6.45, 7) is 4.39. The van der Waals surface area contributed by atoms with E-state index in [0.29, 0.717) is 17.3 Å². The second-order valence-corrected chi connectivity index (χ2v) is 12.6. The second-order valence-electron chi connectivity index (χ2n) is 11.9. The molecule has 0 fully saturated rings. The molecule has 0 bridgehead atoms. The monoisotopic (exact) mass is 648 g/mol. The van der Waals surface area contributed by atoms with Gasteiger partial charge in [0.2, 0.25) is 0 Å². The molecule has 2 unspecified atom stereocenters. The van der Waals surface area contributed by atoms with Crippen molar-refractivity contribution >= 4 is 16.4 Å². The molecular weight excluding hydrogens is 584 g/mol. The minimum Gasteiger partial charge on any atom is -0.0654 e. The minimum atomic E-state index is -0.665. The number of aliphatic hydroxyl groups excluding tert-OH is 2. The number of carbonyl (C=O) groups excluding carboxylic acids is 2. The average molecular weight is 649 g/mol. The SMILES string of the molecule is CCCCCCC(O)C/C=C\CCCCCCCC(=O)OOC(=O)[C](=[Fe+])CCCCCC/C=C\CC(O)CCCCCC. The molecule has 0 aromatic rings. The van der Waals surface area contributed by atoms with E-state index in [4.69, 9.17) is 0 Å². The first-order chi connectivity index (χ1) is 20.9. The molecule has 0 aromatic carbocycles. The Morgan fingerprint density at radius 1 is 0.581 bits per heavy atom. The van der Waals surface area contributed by atoms with Crippen molar-refractivity contribution in [2.75, 3.05) is 0 Å². The Bertz CT molecular complexity index is 735. The van der Waals surface area contributed by atoms with Crippen LogP contribution in [-0.4, -0.2) is 38.8 Å². The molecule has 7 heteroatoms. The van der Waals surface area contributed by atoms with E-state index < -0.39 is 11.9 Å². The summed E-state index contributed by atoms with van der Waals surface area (Å²) in [5.41, 5.74) is 0. The molecule has 0 aliphatic rings. The maximum atomic E-state index is 12.0. The van der Waals surface area contributed by atoms with Gasteiger partial charge in [0.05, 0.1) is 6.10 Å². The van der Waals surface area contributed by atoms with E-state index in [1.807, 2.05) is 0 Å². The van der Waals surface area contributed by atoms with E-state index in [-0.39, 0.29) is 18.6 Å². The molecule has 2 atom stereocenters. The molecule has 43 heavy (non-hydrogen) atoms. The Hall–Kier alpha value is -1.27. The average Bonchev–Trinajstić information content (AvgIpc) is 3.00. The van der Waals surface area contributed by atoms with E-state index in [1.54, 1.807) is 0 Å². The van der Waals surface area contributed by atoms with Crippen LogP contribution in [0.15, 0.2) is 24.3 Å². The molecule has 0 radical (unpaired) electrons. The minimum absolute atomic E-state index is 0.212. The number of aliphatic hydroxyl groups is 2. The van der Waals surface area contributed by atoms with Gasteiger partial charge in [-0.25, -0.2) is 0 Å². The molecule has 251 valence electrons. The van der Waals surface area contributed by atoms with Crippen molar-refractivity contribution in [3.63, 3.8) is 0 Å². The van der Waals surface area contributed by atoms with E-state index in [1.165, 1.54) is 38.5 Å². The topological polar surface area (TPSA) is 93.1 Å². The van der Waals surface area contributed by atoms with Gasteiger partial charge < -0.3 is 5.11 Å². The third kappa shape index (κ3) is 30.5. The zero-order valence-corrected chi connectivity index (χ0v) is 28.6. The zero-order chi connectivity index (χ0) is 31.8. The van der Waals surface area contributed by atoms with Crippen LogP contribution < -0.4 is 0 Å². The Morgan fingerprint density at radius 3 is 1.53 bits per heavy atom. The third-order valence-electron chi connectivity index (χ3n) is 7.62. The van der Waals surface area contributed by atoms with Gasteiger partial charge >= 0.3 is 171 Å². The van der Waals surface area contributed by atoms with Gasteiger partial charge in [-0.15, -0.1) is 0 Å². The van der Waals surface area contributed by atoms with Crippen molar-refractivity contribution in [1.29, 1.82) is 0 Å². The third-order valence-corrected chi connectivity index (χ3v) is 8.12. The number of hydrogen-bond acceptors (Lipinski definition) is 6. The van der Waals surface area contributed by atoms with Gasteiger partial charge in [0.1, 0.15) is 0 Å². The number of carbonyl (C=O) groups is 2. The zero-order valence-electron chi connectivity index (χ0n) is 27.5. The van der Waals surface area contributed by atoms with Crippen LogP contribution in [0.1, 0.15) is 174 Å². The van der Waals surface area contributed by atoms with Gasteiger partial charge in [-0.1, -0.05) is 77.4 Å². The van der Waals surface area contributed by atoms with Crippen LogP contribution in [0.25, 0.3) is 0 Å². The van der Waals surface area contributed by atoms with Gasteiger partial charge in [0.25, 0.3) is 0 Å². The molecule has 0 aliphatic heterocycles. The quantitative estimate of drug-likeness (QED) is 0.0265. The van der Waals surface area contributed by atoms with Gasteiger partial charge in [-0.05, 0) is 12.8 Å². The van der Waals surface area contributed by atoms with E-state index in [2.05, 4.69) is 63.5 Å². The summed E-state index contributed by atoms with van der Waals surface area (Å²) in [6.07, 6.45) is 32.6.